The zero-order valence-electron chi connectivity index (χ0n) is 14.4. The Morgan fingerprint density at radius 1 is 1.08 bits per heavy atom. The molecule has 1 aliphatic rings. The van der Waals surface area contributed by atoms with Crippen LogP contribution >= 0.6 is 0 Å². The van der Waals surface area contributed by atoms with Gasteiger partial charge in [0.05, 0.1) is 6.04 Å². The molecule has 0 radical (unpaired) electrons. The lowest BCUT2D eigenvalue weighted by Crippen LogP contribution is -2.33. The first-order valence-electron chi connectivity index (χ1n) is 8.77. The summed E-state index contributed by atoms with van der Waals surface area (Å²) in [6.45, 7) is 1.80. The van der Waals surface area contributed by atoms with E-state index in [4.69, 9.17) is 4.74 Å². The van der Waals surface area contributed by atoms with Crippen molar-refractivity contribution in [3.05, 3.63) is 65.7 Å². The third-order valence-corrected chi connectivity index (χ3v) is 4.44. The van der Waals surface area contributed by atoms with E-state index in [2.05, 4.69) is 5.32 Å². The van der Waals surface area contributed by atoms with Gasteiger partial charge in [-0.25, -0.2) is 0 Å². The van der Waals surface area contributed by atoms with E-state index in [1.165, 1.54) is 0 Å². The van der Waals surface area contributed by atoms with Gasteiger partial charge in [0.1, 0.15) is 5.75 Å². The third-order valence-electron chi connectivity index (χ3n) is 4.44. The fraction of sp³-hybridized carbons (Fsp3) is 0.333. The molecule has 1 atom stereocenters. The van der Waals surface area contributed by atoms with Crippen LogP contribution in [0.1, 0.15) is 48.1 Å². The van der Waals surface area contributed by atoms with Gasteiger partial charge in [-0.15, -0.1) is 0 Å². The molecule has 1 fully saturated rings. The number of Topliss-reactive ketones (excluding diaryl/α,β-unsaturated/α-hetero) is 1. The van der Waals surface area contributed by atoms with Crippen molar-refractivity contribution >= 4 is 11.7 Å². The Kier molecular flexibility index (Phi) is 5.49. The molecule has 3 rings (SSSR count). The Bertz CT molecular complexity index is 721. The molecule has 1 saturated carbocycles. The second kappa shape index (κ2) is 7.97. The topological polar surface area (TPSA) is 55.4 Å². The van der Waals surface area contributed by atoms with Crippen LogP contribution in [0.5, 0.6) is 5.75 Å². The van der Waals surface area contributed by atoms with Crippen molar-refractivity contribution in [2.45, 2.75) is 32.2 Å². The average molecular weight is 337 g/mol. The number of ether oxygens (including phenoxy) is 1. The standard InChI is InChI=1S/C21H23NO3/c1-2-19(23)15-10-12-18(13-11-15)25-14-20(24)22-21(17-8-9-17)16-6-4-3-5-7-16/h3-7,10-13,17,21H,2,8-9,14H2,1H3,(H,22,24). The molecule has 1 N–H and O–H groups in total. The van der Waals surface area contributed by atoms with Crippen LogP contribution in [0.25, 0.3) is 0 Å². The highest BCUT2D eigenvalue weighted by Crippen LogP contribution is 2.40. The van der Waals surface area contributed by atoms with Crippen molar-refractivity contribution in [3.8, 4) is 5.75 Å². The predicted octanol–water partition coefficient (Wildman–Crippen LogP) is 3.93. The summed E-state index contributed by atoms with van der Waals surface area (Å²) in [6.07, 6.45) is 2.77. The maximum absolute atomic E-state index is 12.3. The van der Waals surface area contributed by atoms with Gasteiger partial charge in [-0.2, -0.15) is 0 Å². The summed E-state index contributed by atoms with van der Waals surface area (Å²) >= 11 is 0. The van der Waals surface area contributed by atoms with Gasteiger partial charge in [0.2, 0.25) is 0 Å². The maximum atomic E-state index is 12.3. The first kappa shape index (κ1) is 17.2. The van der Waals surface area contributed by atoms with Crippen LogP contribution in [-0.4, -0.2) is 18.3 Å². The molecule has 1 amide bonds. The number of rotatable bonds is 8. The van der Waals surface area contributed by atoms with E-state index in [9.17, 15) is 9.59 Å². The Morgan fingerprint density at radius 3 is 2.36 bits per heavy atom. The van der Waals surface area contributed by atoms with Gasteiger partial charge in [-0.3, -0.25) is 9.59 Å². The summed E-state index contributed by atoms with van der Waals surface area (Å²) in [7, 11) is 0. The number of hydrogen-bond donors (Lipinski definition) is 1. The van der Waals surface area contributed by atoms with Crippen LogP contribution in [-0.2, 0) is 4.79 Å². The number of carbonyl (C=O) groups excluding carboxylic acids is 2. The molecule has 0 saturated heterocycles. The van der Waals surface area contributed by atoms with Crippen molar-refractivity contribution in [3.63, 3.8) is 0 Å². The number of amides is 1. The van der Waals surface area contributed by atoms with E-state index in [0.717, 1.165) is 18.4 Å². The minimum Gasteiger partial charge on any atom is -0.484 e. The lowest BCUT2D eigenvalue weighted by molar-refractivity contribution is -0.124. The minimum atomic E-state index is -0.130. The lowest BCUT2D eigenvalue weighted by Gasteiger charge is -2.19. The molecule has 0 heterocycles. The molecule has 4 heteroatoms. The first-order chi connectivity index (χ1) is 12.2. The zero-order chi connectivity index (χ0) is 17.6. The van der Waals surface area contributed by atoms with E-state index in [0.29, 0.717) is 23.7 Å². The molecule has 4 nitrogen and oxygen atoms in total. The van der Waals surface area contributed by atoms with Gasteiger partial charge in [0, 0.05) is 12.0 Å². The average Bonchev–Trinajstić information content (AvgIpc) is 3.50. The van der Waals surface area contributed by atoms with Crippen LogP contribution in [0.15, 0.2) is 54.6 Å². The molecule has 0 aliphatic heterocycles. The Hall–Kier alpha value is -2.62. The molecule has 2 aromatic carbocycles. The van der Waals surface area contributed by atoms with Gasteiger partial charge in [0.15, 0.2) is 12.4 Å². The van der Waals surface area contributed by atoms with Crippen LogP contribution in [0, 0.1) is 5.92 Å². The molecule has 2 aromatic rings. The monoisotopic (exact) mass is 337 g/mol. The third kappa shape index (κ3) is 4.69. The van der Waals surface area contributed by atoms with E-state index in [-0.39, 0.29) is 24.3 Å². The summed E-state index contributed by atoms with van der Waals surface area (Å²) in [4.78, 5) is 23.9. The highest BCUT2D eigenvalue weighted by atomic mass is 16.5. The van der Waals surface area contributed by atoms with Crippen molar-refractivity contribution in [1.82, 2.24) is 5.32 Å². The summed E-state index contributed by atoms with van der Waals surface area (Å²) < 4.78 is 5.55. The molecule has 1 unspecified atom stereocenters. The molecule has 0 spiro atoms. The molecule has 25 heavy (non-hydrogen) atoms. The lowest BCUT2D eigenvalue weighted by atomic mass is 10.0. The van der Waals surface area contributed by atoms with Gasteiger partial charge in [-0.1, -0.05) is 37.3 Å². The Balaban J connectivity index is 1.54. The number of nitrogens with one attached hydrogen (secondary N) is 1. The normalized spacial score (nSPS) is 14.6. The molecule has 130 valence electrons. The smallest absolute Gasteiger partial charge is 0.258 e. The molecule has 1 aliphatic carbocycles. The number of ketones is 1. The van der Waals surface area contributed by atoms with E-state index in [1.54, 1.807) is 24.3 Å². The van der Waals surface area contributed by atoms with Crippen molar-refractivity contribution in [2.24, 2.45) is 5.92 Å². The second-order valence-electron chi connectivity index (χ2n) is 6.38. The first-order valence-corrected chi connectivity index (χ1v) is 8.77. The predicted molar refractivity (Wildman–Crippen MR) is 96.6 cm³/mol. The van der Waals surface area contributed by atoms with Crippen LogP contribution in [0.3, 0.4) is 0 Å². The van der Waals surface area contributed by atoms with Crippen molar-refractivity contribution in [2.75, 3.05) is 6.61 Å². The molecular weight excluding hydrogens is 314 g/mol. The van der Waals surface area contributed by atoms with Gasteiger partial charge >= 0.3 is 0 Å². The van der Waals surface area contributed by atoms with Gasteiger partial charge in [-0.05, 0) is 48.6 Å². The minimum absolute atomic E-state index is 0.0306. The molecular formula is C21H23NO3. The highest BCUT2D eigenvalue weighted by Gasteiger charge is 2.33. The molecule has 0 aromatic heterocycles. The largest absolute Gasteiger partial charge is 0.484 e. The van der Waals surface area contributed by atoms with Crippen molar-refractivity contribution < 1.29 is 14.3 Å². The Labute approximate surface area is 148 Å². The summed E-state index contributed by atoms with van der Waals surface area (Å²) in [6, 6.07) is 17.0. The van der Waals surface area contributed by atoms with E-state index in [1.807, 2.05) is 37.3 Å². The van der Waals surface area contributed by atoms with Crippen LogP contribution in [0.2, 0.25) is 0 Å². The number of carbonyl (C=O) groups is 2. The number of hydrogen-bond acceptors (Lipinski definition) is 3. The second-order valence-corrected chi connectivity index (χ2v) is 6.38. The van der Waals surface area contributed by atoms with Crippen molar-refractivity contribution in [1.29, 1.82) is 0 Å². The van der Waals surface area contributed by atoms with E-state index < -0.39 is 0 Å². The zero-order valence-corrected chi connectivity index (χ0v) is 14.4. The maximum Gasteiger partial charge on any atom is 0.258 e. The Morgan fingerprint density at radius 2 is 1.76 bits per heavy atom. The number of benzene rings is 2. The van der Waals surface area contributed by atoms with Gasteiger partial charge in [0.25, 0.3) is 5.91 Å². The summed E-state index contributed by atoms with van der Waals surface area (Å²) in [5.41, 5.74) is 1.80. The fourth-order valence-electron chi connectivity index (χ4n) is 2.87. The summed E-state index contributed by atoms with van der Waals surface area (Å²) in [5, 5.41) is 3.09. The SMILES string of the molecule is CCC(=O)c1ccc(OCC(=O)NC(c2ccccc2)C2CC2)cc1. The molecule has 0 bridgehead atoms. The highest BCUT2D eigenvalue weighted by molar-refractivity contribution is 5.95. The van der Waals surface area contributed by atoms with Crippen LogP contribution < -0.4 is 10.1 Å². The quantitative estimate of drug-likeness (QED) is 0.743. The fourth-order valence-corrected chi connectivity index (χ4v) is 2.87. The van der Waals surface area contributed by atoms with Crippen LogP contribution in [0.4, 0.5) is 0 Å². The summed E-state index contributed by atoms with van der Waals surface area (Å²) in [5.74, 6) is 1.07. The van der Waals surface area contributed by atoms with E-state index >= 15 is 0 Å². The van der Waals surface area contributed by atoms with Gasteiger partial charge < -0.3 is 10.1 Å².